The lowest BCUT2D eigenvalue weighted by Crippen LogP contribution is -1.95. The molecule has 2 rings (SSSR count). The molecular weight excluding hydrogens is 242 g/mol. The summed E-state index contributed by atoms with van der Waals surface area (Å²) in [7, 11) is 1.65. The van der Waals surface area contributed by atoms with E-state index in [4.69, 9.17) is 9.84 Å². The number of hydrogen-bond donors (Lipinski definition) is 2. The standard InChI is InChI=1S/C15H17NO3/c1-10-12(9-14(16-10)15(17)18)7-6-11-4-3-5-13(8-11)19-2/h3-5,8-9,16H,6-7H2,1-2H3,(H,17,18). The highest BCUT2D eigenvalue weighted by molar-refractivity contribution is 5.86. The average Bonchev–Trinajstić information content (AvgIpc) is 2.78. The molecule has 0 spiro atoms. The lowest BCUT2D eigenvalue weighted by molar-refractivity contribution is 0.0691. The number of aromatic nitrogens is 1. The predicted octanol–water partition coefficient (Wildman–Crippen LogP) is 2.82. The fourth-order valence-corrected chi connectivity index (χ4v) is 2.08. The Morgan fingerprint density at radius 2 is 2.11 bits per heavy atom. The minimum atomic E-state index is -0.921. The van der Waals surface area contributed by atoms with Crippen molar-refractivity contribution in [3.8, 4) is 5.75 Å². The molecular formula is C15H17NO3. The minimum absolute atomic E-state index is 0.248. The summed E-state index contributed by atoms with van der Waals surface area (Å²) in [5.41, 5.74) is 3.38. The number of nitrogens with one attached hydrogen (secondary N) is 1. The summed E-state index contributed by atoms with van der Waals surface area (Å²) in [6, 6.07) is 9.62. The number of aromatic amines is 1. The van der Waals surface area contributed by atoms with Crippen molar-refractivity contribution < 1.29 is 14.6 Å². The zero-order chi connectivity index (χ0) is 13.8. The Bertz CT molecular complexity index is 587. The van der Waals surface area contributed by atoms with Gasteiger partial charge in [-0.1, -0.05) is 12.1 Å². The molecule has 1 aromatic carbocycles. The lowest BCUT2D eigenvalue weighted by Gasteiger charge is -2.04. The van der Waals surface area contributed by atoms with Gasteiger partial charge in [0, 0.05) is 5.69 Å². The van der Waals surface area contributed by atoms with Crippen molar-refractivity contribution >= 4 is 5.97 Å². The van der Waals surface area contributed by atoms with Crippen molar-refractivity contribution in [2.75, 3.05) is 7.11 Å². The highest BCUT2D eigenvalue weighted by Gasteiger charge is 2.10. The van der Waals surface area contributed by atoms with Crippen molar-refractivity contribution in [2.45, 2.75) is 19.8 Å². The quantitative estimate of drug-likeness (QED) is 0.868. The van der Waals surface area contributed by atoms with Crippen LogP contribution in [-0.4, -0.2) is 23.2 Å². The third-order valence-electron chi connectivity index (χ3n) is 3.17. The molecule has 0 aliphatic rings. The van der Waals surface area contributed by atoms with E-state index in [-0.39, 0.29) is 5.69 Å². The van der Waals surface area contributed by atoms with Crippen LogP contribution >= 0.6 is 0 Å². The highest BCUT2D eigenvalue weighted by atomic mass is 16.5. The van der Waals surface area contributed by atoms with Crippen LogP contribution in [0.15, 0.2) is 30.3 Å². The molecule has 1 aromatic heterocycles. The van der Waals surface area contributed by atoms with Crippen molar-refractivity contribution in [1.29, 1.82) is 0 Å². The summed E-state index contributed by atoms with van der Waals surface area (Å²) in [5.74, 6) is -0.0785. The Balaban J connectivity index is 2.07. The van der Waals surface area contributed by atoms with Crippen LogP contribution < -0.4 is 4.74 Å². The second kappa shape index (κ2) is 5.61. The molecule has 0 amide bonds. The minimum Gasteiger partial charge on any atom is -0.497 e. The van der Waals surface area contributed by atoms with Crippen LogP contribution in [0.25, 0.3) is 0 Å². The van der Waals surface area contributed by atoms with Gasteiger partial charge in [0.25, 0.3) is 0 Å². The Morgan fingerprint density at radius 1 is 1.32 bits per heavy atom. The summed E-state index contributed by atoms with van der Waals surface area (Å²) >= 11 is 0. The predicted molar refractivity (Wildman–Crippen MR) is 72.9 cm³/mol. The molecule has 0 radical (unpaired) electrons. The molecule has 0 aliphatic carbocycles. The van der Waals surface area contributed by atoms with Gasteiger partial charge in [-0.3, -0.25) is 0 Å². The van der Waals surface area contributed by atoms with Gasteiger partial charge >= 0.3 is 5.97 Å². The number of H-pyrrole nitrogens is 1. The number of methoxy groups -OCH3 is 1. The van der Waals surface area contributed by atoms with E-state index in [1.54, 1.807) is 13.2 Å². The van der Waals surface area contributed by atoms with Crippen molar-refractivity contribution in [3.63, 3.8) is 0 Å². The monoisotopic (exact) mass is 259 g/mol. The largest absolute Gasteiger partial charge is 0.497 e. The van der Waals surface area contributed by atoms with Gasteiger partial charge in [0.1, 0.15) is 11.4 Å². The Hall–Kier alpha value is -2.23. The average molecular weight is 259 g/mol. The first-order valence-corrected chi connectivity index (χ1v) is 6.15. The number of hydrogen-bond acceptors (Lipinski definition) is 2. The molecule has 0 fully saturated rings. The highest BCUT2D eigenvalue weighted by Crippen LogP contribution is 2.17. The van der Waals surface area contributed by atoms with Crippen LogP contribution in [0.3, 0.4) is 0 Å². The number of rotatable bonds is 5. The number of carbonyl (C=O) groups is 1. The Morgan fingerprint density at radius 3 is 2.74 bits per heavy atom. The number of benzene rings is 1. The van der Waals surface area contributed by atoms with E-state index in [0.29, 0.717) is 0 Å². The van der Waals surface area contributed by atoms with Crippen molar-refractivity contribution in [3.05, 3.63) is 52.8 Å². The molecule has 4 nitrogen and oxygen atoms in total. The first kappa shape index (κ1) is 13.2. The van der Waals surface area contributed by atoms with E-state index in [2.05, 4.69) is 4.98 Å². The molecule has 2 N–H and O–H groups in total. The van der Waals surface area contributed by atoms with Gasteiger partial charge in [-0.2, -0.15) is 0 Å². The number of ether oxygens (including phenoxy) is 1. The summed E-state index contributed by atoms with van der Waals surface area (Å²) < 4.78 is 5.18. The van der Waals surface area contributed by atoms with Crippen molar-refractivity contribution in [2.24, 2.45) is 0 Å². The van der Waals surface area contributed by atoms with Gasteiger partial charge in [-0.05, 0) is 49.1 Å². The van der Waals surface area contributed by atoms with Crippen LogP contribution in [0.4, 0.5) is 0 Å². The fraction of sp³-hybridized carbons (Fsp3) is 0.267. The molecule has 1 heterocycles. The lowest BCUT2D eigenvalue weighted by atomic mass is 10.0. The SMILES string of the molecule is COc1cccc(CCc2cc(C(=O)O)[nH]c2C)c1. The van der Waals surface area contributed by atoms with Gasteiger partial charge in [0.15, 0.2) is 0 Å². The summed E-state index contributed by atoms with van der Waals surface area (Å²) in [4.78, 5) is 13.8. The molecule has 19 heavy (non-hydrogen) atoms. The van der Waals surface area contributed by atoms with Crippen LogP contribution in [0.2, 0.25) is 0 Å². The van der Waals surface area contributed by atoms with E-state index in [1.807, 2.05) is 31.2 Å². The molecule has 100 valence electrons. The molecule has 0 atom stereocenters. The molecule has 2 aromatic rings. The van der Waals surface area contributed by atoms with Gasteiger partial charge in [0.05, 0.1) is 7.11 Å². The van der Waals surface area contributed by atoms with E-state index >= 15 is 0 Å². The molecule has 0 saturated heterocycles. The maximum Gasteiger partial charge on any atom is 0.352 e. The number of aryl methyl sites for hydroxylation is 3. The van der Waals surface area contributed by atoms with E-state index in [0.717, 1.165) is 29.8 Å². The zero-order valence-electron chi connectivity index (χ0n) is 11.1. The number of carboxylic acid groups (broad SMARTS) is 1. The zero-order valence-corrected chi connectivity index (χ0v) is 11.1. The summed E-state index contributed by atoms with van der Waals surface area (Å²) in [5, 5.41) is 8.93. The maximum atomic E-state index is 10.9. The van der Waals surface area contributed by atoms with Crippen molar-refractivity contribution in [1.82, 2.24) is 4.98 Å². The normalized spacial score (nSPS) is 10.4. The van der Waals surface area contributed by atoms with E-state index in [1.165, 1.54) is 5.56 Å². The maximum absolute atomic E-state index is 10.9. The first-order valence-electron chi connectivity index (χ1n) is 6.15. The molecule has 0 aliphatic heterocycles. The second-order valence-corrected chi connectivity index (χ2v) is 4.49. The van der Waals surface area contributed by atoms with Gasteiger partial charge in [-0.25, -0.2) is 4.79 Å². The van der Waals surface area contributed by atoms with Crippen LogP contribution in [0, 0.1) is 6.92 Å². The van der Waals surface area contributed by atoms with Crippen LogP contribution in [-0.2, 0) is 12.8 Å². The first-order chi connectivity index (χ1) is 9.10. The third kappa shape index (κ3) is 3.16. The molecule has 0 saturated carbocycles. The molecule has 4 heteroatoms. The van der Waals surface area contributed by atoms with E-state index in [9.17, 15) is 4.79 Å². The Kier molecular flexibility index (Phi) is 3.90. The van der Waals surface area contributed by atoms with Gasteiger partial charge in [-0.15, -0.1) is 0 Å². The number of carboxylic acids is 1. The molecule has 0 unspecified atom stereocenters. The third-order valence-corrected chi connectivity index (χ3v) is 3.17. The second-order valence-electron chi connectivity index (χ2n) is 4.49. The van der Waals surface area contributed by atoms with Crippen LogP contribution in [0.1, 0.15) is 27.3 Å². The van der Waals surface area contributed by atoms with Gasteiger partial charge in [0.2, 0.25) is 0 Å². The van der Waals surface area contributed by atoms with Gasteiger partial charge < -0.3 is 14.8 Å². The van der Waals surface area contributed by atoms with E-state index < -0.39 is 5.97 Å². The summed E-state index contributed by atoms with van der Waals surface area (Å²) in [6.45, 7) is 1.90. The number of aromatic carboxylic acids is 1. The summed E-state index contributed by atoms with van der Waals surface area (Å²) in [6.07, 6.45) is 1.66. The smallest absolute Gasteiger partial charge is 0.352 e. The van der Waals surface area contributed by atoms with Crippen LogP contribution in [0.5, 0.6) is 5.75 Å². The Labute approximate surface area is 112 Å². The molecule has 0 bridgehead atoms. The fourth-order valence-electron chi connectivity index (χ4n) is 2.08. The topological polar surface area (TPSA) is 62.3 Å².